The van der Waals surface area contributed by atoms with Crippen molar-refractivity contribution >= 4 is 30.3 Å². The summed E-state index contributed by atoms with van der Waals surface area (Å²) in [6, 6.07) is 16.3. The van der Waals surface area contributed by atoms with Gasteiger partial charge in [0.2, 0.25) is 11.8 Å². The van der Waals surface area contributed by atoms with Gasteiger partial charge in [0.05, 0.1) is 0 Å². The van der Waals surface area contributed by atoms with Crippen molar-refractivity contribution in [3.05, 3.63) is 66.4 Å². The minimum Gasteiger partial charge on any atom is -0.423 e. The van der Waals surface area contributed by atoms with Gasteiger partial charge in [0.15, 0.2) is 6.10 Å². The Morgan fingerprint density at radius 3 is 2.46 bits per heavy atom. The van der Waals surface area contributed by atoms with Crippen LogP contribution in [-0.2, 0) is 25.1 Å². The van der Waals surface area contributed by atoms with Crippen molar-refractivity contribution in [3.63, 3.8) is 0 Å². The van der Waals surface area contributed by atoms with E-state index >= 15 is 0 Å². The molecular formula is C26H32N3O5P. The molecule has 1 aromatic heterocycles. The lowest BCUT2D eigenvalue weighted by Crippen LogP contribution is -2.43. The molecule has 1 aliphatic rings. The molecule has 35 heavy (non-hydrogen) atoms. The average molecular weight is 498 g/mol. The molecule has 3 aromatic rings. The van der Waals surface area contributed by atoms with E-state index in [1.807, 2.05) is 30.3 Å². The third-order valence-corrected chi connectivity index (χ3v) is 8.68. The standard InChI is InChI=1S/C26H32N3O5P/c1-18(30)29-26(19-10-4-2-5-11-19)35(32,33-21-12-6-3-7-13-21)34-24(25(27)31)16-20-17-28-23-15-9-8-14-22(20)23/h3,6-9,12-15,17,19,24,26,28H,2,4-5,10-11,16H2,1H3,(H2,27,31)(H,29,30)/t24-,26-,35?/m1/s1. The number of hydrogen-bond donors (Lipinski definition) is 3. The zero-order chi connectivity index (χ0) is 24.8. The highest BCUT2D eigenvalue weighted by molar-refractivity contribution is 7.55. The molecule has 2 aromatic carbocycles. The lowest BCUT2D eigenvalue weighted by Gasteiger charge is -2.36. The van der Waals surface area contributed by atoms with Crippen LogP contribution in [0.2, 0.25) is 0 Å². The minimum atomic E-state index is -4.11. The molecule has 186 valence electrons. The largest absolute Gasteiger partial charge is 0.423 e. The van der Waals surface area contributed by atoms with Crippen LogP contribution in [0.25, 0.3) is 10.9 Å². The van der Waals surface area contributed by atoms with Gasteiger partial charge in [-0.3, -0.25) is 14.1 Å². The number of para-hydroxylation sites is 2. The number of aromatic nitrogens is 1. The van der Waals surface area contributed by atoms with E-state index in [1.54, 1.807) is 30.5 Å². The molecule has 0 aliphatic heterocycles. The molecule has 2 amide bonds. The number of aromatic amines is 1. The Morgan fingerprint density at radius 2 is 1.77 bits per heavy atom. The fourth-order valence-electron chi connectivity index (χ4n) is 4.75. The molecule has 0 radical (unpaired) electrons. The van der Waals surface area contributed by atoms with E-state index in [2.05, 4.69) is 10.3 Å². The Balaban J connectivity index is 1.69. The molecule has 1 aliphatic carbocycles. The Bertz CT molecular complexity index is 1210. The van der Waals surface area contributed by atoms with E-state index in [9.17, 15) is 14.2 Å². The van der Waals surface area contributed by atoms with E-state index in [0.29, 0.717) is 5.75 Å². The van der Waals surface area contributed by atoms with Crippen molar-refractivity contribution in [1.29, 1.82) is 0 Å². The van der Waals surface area contributed by atoms with E-state index < -0.39 is 25.4 Å². The topological polar surface area (TPSA) is 124 Å². The zero-order valence-corrected chi connectivity index (χ0v) is 20.7. The number of carbonyl (C=O) groups excluding carboxylic acids is 2. The van der Waals surface area contributed by atoms with E-state index in [4.69, 9.17) is 14.8 Å². The van der Waals surface area contributed by atoms with E-state index in [0.717, 1.165) is 48.6 Å². The number of hydrogen-bond acceptors (Lipinski definition) is 5. The highest BCUT2D eigenvalue weighted by Crippen LogP contribution is 2.57. The van der Waals surface area contributed by atoms with Crippen LogP contribution < -0.4 is 15.6 Å². The zero-order valence-electron chi connectivity index (χ0n) is 19.8. The van der Waals surface area contributed by atoms with Crippen LogP contribution in [0.5, 0.6) is 5.75 Å². The normalized spacial score (nSPS) is 17.9. The Labute approximate surface area is 205 Å². The Morgan fingerprint density at radius 1 is 1.09 bits per heavy atom. The maximum atomic E-state index is 14.5. The van der Waals surface area contributed by atoms with Crippen LogP contribution in [0.15, 0.2) is 60.8 Å². The smallest absolute Gasteiger partial charge is 0.402 e. The minimum absolute atomic E-state index is 0.108. The number of amides is 2. The molecule has 4 rings (SSSR count). The van der Waals surface area contributed by atoms with E-state index in [1.165, 1.54) is 6.92 Å². The first-order valence-corrected chi connectivity index (χ1v) is 13.6. The maximum Gasteiger partial charge on any atom is 0.402 e. The summed E-state index contributed by atoms with van der Waals surface area (Å²) >= 11 is 0. The number of benzene rings is 2. The lowest BCUT2D eigenvalue weighted by atomic mass is 9.89. The second-order valence-electron chi connectivity index (χ2n) is 9.05. The number of carbonyl (C=O) groups is 2. The maximum absolute atomic E-state index is 14.5. The van der Waals surface area contributed by atoms with Crippen LogP contribution in [-0.4, -0.2) is 28.7 Å². The molecule has 0 bridgehead atoms. The van der Waals surface area contributed by atoms with Crippen LogP contribution in [0.3, 0.4) is 0 Å². The fraction of sp³-hybridized carbons (Fsp3) is 0.385. The summed E-state index contributed by atoms with van der Waals surface area (Å²) in [4.78, 5) is 27.9. The average Bonchev–Trinajstić information content (AvgIpc) is 3.26. The van der Waals surface area contributed by atoms with Gasteiger partial charge in [0.1, 0.15) is 11.5 Å². The first-order chi connectivity index (χ1) is 16.9. The molecular weight excluding hydrogens is 465 g/mol. The van der Waals surface area contributed by atoms with E-state index in [-0.39, 0.29) is 18.2 Å². The molecule has 1 saturated carbocycles. The number of rotatable bonds is 10. The van der Waals surface area contributed by atoms with Crippen molar-refractivity contribution in [2.75, 3.05) is 0 Å². The molecule has 0 spiro atoms. The summed E-state index contributed by atoms with van der Waals surface area (Å²) in [6.07, 6.45) is 5.24. The molecule has 8 nitrogen and oxygen atoms in total. The van der Waals surface area contributed by atoms with Gasteiger partial charge in [-0.1, -0.05) is 55.7 Å². The molecule has 1 fully saturated rings. The summed E-state index contributed by atoms with van der Waals surface area (Å²) < 4.78 is 26.6. The van der Waals surface area contributed by atoms with Crippen molar-refractivity contribution in [2.24, 2.45) is 11.7 Å². The number of nitrogens with one attached hydrogen (secondary N) is 2. The van der Waals surface area contributed by atoms with Crippen LogP contribution in [0.1, 0.15) is 44.6 Å². The van der Waals surface area contributed by atoms with Crippen molar-refractivity contribution < 1.29 is 23.2 Å². The summed E-state index contributed by atoms with van der Waals surface area (Å²) in [5.74, 6) is -1.77. The highest BCUT2D eigenvalue weighted by Gasteiger charge is 2.46. The van der Waals surface area contributed by atoms with Crippen molar-refractivity contribution in [1.82, 2.24) is 10.3 Å². The molecule has 1 unspecified atom stereocenters. The van der Waals surface area contributed by atoms with Crippen LogP contribution in [0, 0.1) is 5.92 Å². The monoisotopic (exact) mass is 497 g/mol. The molecule has 4 N–H and O–H groups in total. The number of fused-ring (bicyclic) bond motifs is 1. The number of nitrogens with two attached hydrogens (primary N) is 1. The summed E-state index contributed by atoms with van der Waals surface area (Å²) in [5, 5.41) is 3.76. The first kappa shape index (κ1) is 25.0. The second-order valence-corrected chi connectivity index (χ2v) is 11.1. The highest BCUT2D eigenvalue weighted by atomic mass is 31.2. The molecule has 3 atom stereocenters. The second kappa shape index (κ2) is 11.1. The third-order valence-electron chi connectivity index (χ3n) is 6.44. The van der Waals surface area contributed by atoms with Gasteiger partial charge in [-0.15, -0.1) is 0 Å². The van der Waals surface area contributed by atoms with Crippen molar-refractivity contribution in [2.45, 2.75) is 57.3 Å². The number of H-pyrrole nitrogens is 1. The van der Waals surface area contributed by atoms with Gasteiger partial charge in [-0.05, 0) is 42.5 Å². The van der Waals surface area contributed by atoms with Gasteiger partial charge in [0, 0.05) is 30.4 Å². The molecule has 0 saturated heterocycles. The lowest BCUT2D eigenvalue weighted by molar-refractivity contribution is -0.125. The van der Waals surface area contributed by atoms with Gasteiger partial charge in [-0.25, -0.2) is 4.57 Å². The molecule has 9 heteroatoms. The predicted molar refractivity (Wildman–Crippen MR) is 135 cm³/mol. The van der Waals surface area contributed by atoms with Gasteiger partial charge in [0.25, 0.3) is 0 Å². The summed E-state index contributed by atoms with van der Waals surface area (Å²) in [6.45, 7) is 1.38. The summed E-state index contributed by atoms with van der Waals surface area (Å²) in [7, 11) is -4.11. The van der Waals surface area contributed by atoms with Crippen molar-refractivity contribution in [3.8, 4) is 5.75 Å². The predicted octanol–water partition coefficient (Wildman–Crippen LogP) is 4.90. The van der Waals surface area contributed by atoms with Gasteiger partial charge in [-0.2, -0.15) is 0 Å². The number of primary amides is 1. The third kappa shape index (κ3) is 6.13. The van der Waals surface area contributed by atoms with Gasteiger partial charge < -0.3 is 20.6 Å². The Hall–Kier alpha value is -3.09. The summed E-state index contributed by atoms with van der Waals surface area (Å²) in [5.41, 5.74) is 7.46. The van der Waals surface area contributed by atoms with Crippen LogP contribution >= 0.6 is 7.60 Å². The molecule has 1 heterocycles. The van der Waals surface area contributed by atoms with Crippen LogP contribution in [0.4, 0.5) is 0 Å². The first-order valence-electron chi connectivity index (χ1n) is 12.0. The quantitative estimate of drug-likeness (QED) is 0.344. The Kier molecular flexibility index (Phi) is 7.93. The van der Waals surface area contributed by atoms with Gasteiger partial charge >= 0.3 is 7.60 Å². The fourth-order valence-corrected chi connectivity index (χ4v) is 7.14. The SMILES string of the molecule is CC(=O)N[C@@H](C1CCCCC1)P(=O)(Oc1ccccc1)O[C@H](Cc1c[nH]c2ccccc12)C(N)=O.